The summed E-state index contributed by atoms with van der Waals surface area (Å²) < 4.78 is 6.11. The summed E-state index contributed by atoms with van der Waals surface area (Å²) in [6, 6.07) is 5.94. The highest BCUT2D eigenvalue weighted by atomic mass is 32.1. The third-order valence-corrected chi connectivity index (χ3v) is 6.74. The maximum atomic E-state index is 13.3. The summed E-state index contributed by atoms with van der Waals surface area (Å²) in [5, 5.41) is 2.99. The Hall–Kier alpha value is -3.19. The number of fused-ring (bicyclic) bond motifs is 2. The van der Waals surface area contributed by atoms with E-state index in [4.69, 9.17) is 4.74 Å². The molecule has 5 rings (SSSR count). The molecule has 0 saturated heterocycles. The number of unbranched alkanes of at least 4 members (excludes halogenated alkanes) is 1. The Morgan fingerprint density at radius 3 is 3.16 bits per heavy atom. The van der Waals surface area contributed by atoms with Crippen molar-refractivity contribution in [3.8, 4) is 0 Å². The molecule has 0 fully saturated rings. The second-order valence-electron chi connectivity index (χ2n) is 7.83. The van der Waals surface area contributed by atoms with Gasteiger partial charge in [0.05, 0.1) is 6.54 Å². The molecule has 0 aromatic carbocycles. The zero-order chi connectivity index (χ0) is 21.4. The minimum atomic E-state index is -0.327. The maximum Gasteiger partial charge on any atom is 0.237 e. The van der Waals surface area contributed by atoms with Gasteiger partial charge in [-0.05, 0) is 48.1 Å². The Morgan fingerprint density at radius 1 is 1.39 bits per heavy atom. The number of rotatable bonds is 6. The second kappa shape index (κ2) is 8.15. The van der Waals surface area contributed by atoms with Crippen molar-refractivity contribution in [3.63, 3.8) is 0 Å². The van der Waals surface area contributed by atoms with E-state index >= 15 is 0 Å². The van der Waals surface area contributed by atoms with E-state index in [1.807, 2.05) is 24.0 Å². The standard InChI is InChI=1S/C24H23N3O3S/c1-2-3-6-18(28)21-22(29)19(12-16-13-26-23-17(16)5-4-9-25-23)30-24(21)27-10-7-15-8-11-31-20(15)14-27/h4-5,8-9,11-13H,2-3,6-7,10,14H2,1H3,(H,25,26)/b19-12-. The fourth-order valence-corrected chi connectivity index (χ4v) is 5.04. The Morgan fingerprint density at radius 2 is 2.29 bits per heavy atom. The Bertz CT molecular complexity index is 1230. The first-order valence-corrected chi connectivity index (χ1v) is 11.5. The normalized spacial score (nSPS) is 17.5. The van der Waals surface area contributed by atoms with Crippen molar-refractivity contribution in [1.29, 1.82) is 0 Å². The minimum absolute atomic E-state index is 0.136. The van der Waals surface area contributed by atoms with Crippen LogP contribution in [0.5, 0.6) is 0 Å². The Balaban J connectivity index is 1.51. The smallest absolute Gasteiger partial charge is 0.237 e. The number of hydrogen-bond donors (Lipinski definition) is 1. The molecule has 0 aliphatic carbocycles. The van der Waals surface area contributed by atoms with Crippen molar-refractivity contribution < 1.29 is 14.3 Å². The van der Waals surface area contributed by atoms with E-state index in [9.17, 15) is 9.59 Å². The van der Waals surface area contributed by atoms with Crippen LogP contribution in [-0.4, -0.2) is 33.0 Å². The number of hydrogen-bond acceptors (Lipinski definition) is 6. The molecular formula is C24H23N3O3S. The van der Waals surface area contributed by atoms with Gasteiger partial charge in [-0.1, -0.05) is 13.3 Å². The summed E-state index contributed by atoms with van der Waals surface area (Å²) in [4.78, 5) is 37.0. The van der Waals surface area contributed by atoms with E-state index in [2.05, 4.69) is 21.4 Å². The molecule has 3 aromatic heterocycles. The number of carbonyl (C=O) groups is 2. The second-order valence-corrected chi connectivity index (χ2v) is 8.83. The first-order chi connectivity index (χ1) is 15.2. The molecule has 0 spiro atoms. The molecular weight excluding hydrogens is 410 g/mol. The van der Waals surface area contributed by atoms with Crippen molar-refractivity contribution in [2.45, 2.75) is 39.2 Å². The van der Waals surface area contributed by atoms with Gasteiger partial charge in [-0.3, -0.25) is 9.59 Å². The Kier molecular flexibility index (Phi) is 5.19. The number of aromatic amines is 1. The van der Waals surface area contributed by atoms with Gasteiger partial charge >= 0.3 is 0 Å². The molecule has 0 unspecified atom stereocenters. The van der Waals surface area contributed by atoms with Gasteiger partial charge in [0.15, 0.2) is 11.5 Å². The van der Waals surface area contributed by atoms with Crippen LogP contribution in [0.1, 0.15) is 42.2 Å². The summed E-state index contributed by atoms with van der Waals surface area (Å²) in [5.74, 6) is 0.139. The lowest BCUT2D eigenvalue weighted by Gasteiger charge is -2.29. The number of nitrogens with zero attached hydrogens (tertiary/aromatic N) is 2. The van der Waals surface area contributed by atoms with E-state index in [0.29, 0.717) is 18.8 Å². The molecule has 158 valence electrons. The van der Waals surface area contributed by atoms with Crippen molar-refractivity contribution >= 4 is 40.0 Å². The van der Waals surface area contributed by atoms with E-state index in [0.717, 1.165) is 42.4 Å². The third-order valence-electron chi connectivity index (χ3n) is 5.79. The quantitative estimate of drug-likeness (QED) is 0.454. The first-order valence-electron chi connectivity index (χ1n) is 10.6. The van der Waals surface area contributed by atoms with Gasteiger partial charge in [-0.15, -0.1) is 11.3 Å². The molecule has 7 heteroatoms. The lowest BCUT2D eigenvalue weighted by Crippen LogP contribution is -2.30. The number of aromatic nitrogens is 2. The van der Waals surface area contributed by atoms with Gasteiger partial charge in [-0.25, -0.2) is 4.98 Å². The van der Waals surface area contributed by atoms with Crippen LogP contribution in [0.4, 0.5) is 0 Å². The monoisotopic (exact) mass is 433 g/mol. The molecule has 0 saturated carbocycles. The first kappa shape index (κ1) is 19.8. The van der Waals surface area contributed by atoms with Crippen LogP contribution in [0.2, 0.25) is 0 Å². The number of thiophene rings is 1. The molecule has 0 radical (unpaired) electrons. The average Bonchev–Trinajstić information content (AvgIpc) is 3.50. The molecule has 2 aliphatic rings. The van der Waals surface area contributed by atoms with Crippen LogP contribution in [0.3, 0.4) is 0 Å². The SMILES string of the molecule is CCCCC(=O)C1=C(N2CCc3ccsc3C2)O/C(=C\c2c[nH]c3ncccc23)C1=O. The molecule has 6 nitrogen and oxygen atoms in total. The van der Waals surface area contributed by atoms with E-state index in [-0.39, 0.29) is 22.9 Å². The Labute approximate surface area is 184 Å². The average molecular weight is 434 g/mol. The molecule has 2 aliphatic heterocycles. The highest BCUT2D eigenvalue weighted by Gasteiger charge is 2.38. The largest absolute Gasteiger partial charge is 0.436 e. The lowest BCUT2D eigenvalue weighted by atomic mass is 10.0. The number of allylic oxidation sites excluding steroid dienone is 1. The van der Waals surface area contributed by atoms with Crippen LogP contribution >= 0.6 is 11.3 Å². The minimum Gasteiger partial charge on any atom is -0.436 e. The van der Waals surface area contributed by atoms with Crippen molar-refractivity contribution in [2.75, 3.05) is 6.54 Å². The summed E-state index contributed by atoms with van der Waals surface area (Å²) in [6.07, 6.45) is 8.12. The lowest BCUT2D eigenvalue weighted by molar-refractivity contribution is -0.119. The number of carbonyl (C=O) groups excluding carboxylic acids is 2. The maximum absolute atomic E-state index is 13.3. The summed E-state index contributed by atoms with van der Waals surface area (Å²) in [6.45, 7) is 3.42. The van der Waals surface area contributed by atoms with E-state index < -0.39 is 0 Å². The van der Waals surface area contributed by atoms with Crippen molar-refractivity contribution in [2.24, 2.45) is 0 Å². The molecule has 3 aromatic rings. The van der Waals surface area contributed by atoms with E-state index in [1.165, 1.54) is 10.4 Å². The number of ether oxygens (including phenoxy) is 1. The topological polar surface area (TPSA) is 75.3 Å². The summed E-state index contributed by atoms with van der Waals surface area (Å²) in [5.41, 5.74) is 3.09. The number of ketones is 2. The zero-order valence-electron chi connectivity index (χ0n) is 17.3. The molecule has 0 bridgehead atoms. The van der Waals surface area contributed by atoms with Gasteiger partial charge < -0.3 is 14.6 Å². The van der Waals surface area contributed by atoms with Gasteiger partial charge in [0, 0.05) is 41.2 Å². The number of nitrogens with one attached hydrogen (secondary N) is 1. The molecule has 5 heterocycles. The van der Waals surface area contributed by atoms with E-state index in [1.54, 1.807) is 29.8 Å². The van der Waals surface area contributed by atoms with Crippen LogP contribution in [0, 0.1) is 0 Å². The van der Waals surface area contributed by atoms with Crippen LogP contribution < -0.4 is 0 Å². The predicted octanol–water partition coefficient (Wildman–Crippen LogP) is 4.59. The molecule has 0 amide bonds. The predicted molar refractivity (Wildman–Crippen MR) is 120 cm³/mol. The van der Waals surface area contributed by atoms with Crippen molar-refractivity contribution in [1.82, 2.24) is 14.9 Å². The zero-order valence-corrected chi connectivity index (χ0v) is 18.1. The molecule has 31 heavy (non-hydrogen) atoms. The van der Waals surface area contributed by atoms with Crippen LogP contribution in [0.15, 0.2) is 53.2 Å². The van der Waals surface area contributed by atoms with Crippen LogP contribution in [-0.2, 0) is 27.3 Å². The highest BCUT2D eigenvalue weighted by molar-refractivity contribution is 7.10. The summed E-state index contributed by atoms with van der Waals surface area (Å²) in [7, 11) is 0. The molecule has 0 atom stereocenters. The van der Waals surface area contributed by atoms with Crippen molar-refractivity contribution in [3.05, 3.63) is 69.2 Å². The molecule has 1 N–H and O–H groups in total. The summed E-state index contributed by atoms with van der Waals surface area (Å²) >= 11 is 1.70. The number of H-pyrrole nitrogens is 1. The highest BCUT2D eigenvalue weighted by Crippen LogP contribution is 2.35. The third kappa shape index (κ3) is 3.59. The van der Waals surface area contributed by atoms with Gasteiger partial charge in [0.25, 0.3) is 0 Å². The fourth-order valence-electron chi connectivity index (χ4n) is 4.10. The number of pyridine rings is 1. The van der Waals surface area contributed by atoms with Crippen LogP contribution in [0.25, 0.3) is 17.1 Å². The fraction of sp³-hybridized carbons (Fsp3) is 0.292. The van der Waals surface area contributed by atoms with Gasteiger partial charge in [0.1, 0.15) is 11.2 Å². The van der Waals surface area contributed by atoms with Gasteiger partial charge in [0.2, 0.25) is 11.7 Å². The number of Topliss-reactive ketones (excluding diaryl/α,β-unsaturated/α-hetero) is 2. The van der Waals surface area contributed by atoms with Gasteiger partial charge in [-0.2, -0.15) is 0 Å².